The van der Waals surface area contributed by atoms with Crippen LogP contribution < -0.4 is 0 Å². The van der Waals surface area contributed by atoms with Crippen LogP contribution >= 0.6 is 0 Å². The topological polar surface area (TPSA) is 46.6 Å². The molecule has 0 aromatic heterocycles. The zero-order valence-electron chi connectivity index (χ0n) is 12.8. The molecule has 1 unspecified atom stereocenters. The van der Waals surface area contributed by atoms with Gasteiger partial charge < -0.3 is 4.74 Å². The first-order valence-electron chi connectivity index (χ1n) is 6.92. The van der Waals surface area contributed by atoms with Gasteiger partial charge in [-0.15, -0.1) is 0 Å². The van der Waals surface area contributed by atoms with Crippen molar-refractivity contribution in [3.63, 3.8) is 0 Å². The first-order valence-corrected chi connectivity index (χ1v) is 8.36. The van der Waals surface area contributed by atoms with Gasteiger partial charge in [-0.05, 0) is 44.4 Å². The molecule has 0 aliphatic carbocycles. The van der Waals surface area contributed by atoms with E-state index in [0.717, 1.165) is 5.56 Å². The Kier molecular flexibility index (Phi) is 3.97. The third kappa shape index (κ3) is 2.62. The van der Waals surface area contributed by atoms with Crippen LogP contribution in [0.25, 0.3) is 0 Å². The molecule has 0 saturated carbocycles. The Morgan fingerprint density at radius 1 is 1.25 bits per heavy atom. The fourth-order valence-corrected chi connectivity index (χ4v) is 4.47. The zero-order valence-corrected chi connectivity index (χ0v) is 13.6. The quantitative estimate of drug-likeness (QED) is 0.861. The summed E-state index contributed by atoms with van der Waals surface area (Å²) in [5, 5.41) is 0. The lowest BCUT2D eigenvalue weighted by Gasteiger charge is -2.30. The maximum Gasteiger partial charge on any atom is 0.245 e. The average molecular weight is 297 g/mol. The minimum Gasteiger partial charge on any atom is -0.360 e. The fourth-order valence-electron chi connectivity index (χ4n) is 2.61. The number of hydrogen-bond acceptors (Lipinski definition) is 3. The molecule has 2 rings (SSSR count). The number of hydrogen-bond donors (Lipinski definition) is 0. The van der Waals surface area contributed by atoms with E-state index in [1.54, 1.807) is 19.1 Å². The van der Waals surface area contributed by atoms with Crippen molar-refractivity contribution in [2.24, 2.45) is 0 Å². The van der Waals surface area contributed by atoms with Crippen molar-refractivity contribution in [1.82, 2.24) is 4.31 Å². The van der Waals surface area contributed by atoms with E-state index in [4.69, 9.17) is 4.74 Å². The van der Waals surface area contributed by atoms with Crippen LogP contribution in [0, 0.1) is 0 Å². The van der Waals surface area contributed by atoms with Gasteiger partial charge in [-0.25, -0.2) is 8.42 Å². The molecule has 1 aliphatic heterocycles. The molecule has 1 aromatic rings. The predicted octanol–water partition coefficient (Wildman–Crippen LogP) is 2.96. The molecule has 0 spiro atoms. The van der Waals surface area contributed by atoms with Gasteiger partial charge in [0, 0.05) is 0 Å². The SMILES string of the molecule is CC(C)c1ccc(S(=O)(=O)N2C(C)OCC2(C)C)cc1. The molecule has 4 nitrogen and oxygen atoms in total. The molecule has 1 aromatic carbocycles. The monoisotopic (exact) mass is 297 g/mol. The molecule has 5 heteroatoms. The van der Waals surface area contributed by atoms with Crippen LogP contribution in [0.1, 0.15) is 46.1 Å². The maximum absolute atomic E-state index is 12.8. The fraction of sp³-hybridized carbons (Fsp3) is 0.600. The zero-order chi connectivity index (χ0) is 15.1. The number of ether oxygens (including phenoxy) is 1. The van der Waals surface area contributed by atoms with E-state index in [2.05, 4.69) is 13.8 Å². The van der Waals surface area contributed by atoms with Crippen molar-refractivity contribution >= 4 is 10.0 Å². The van der Waals surface area contributed by atoms with Crippen LogP contribution in [0.15, 0.2) is 29.2 Å². The van der Waals surface area contributed by atoms with E-state index >= 15 is 0 Å². The van der Waals surface area contributed by atoms with Gasteiger partial charge in [0.05, 0.1) is 17.0 Å². The normalized spacial score (nSPS) is 23.4. The molecule has 1 aliphatic rings. The summed E-state index contributed by atoms with van der Waals surface area (Å²) in [6.45, 7) is 10.1. The van der Waals surface area contributed by atoms with Crippen molar-refractivity contribution in [3.8, 4) is 0 Å². The lowest BCUT2D eigenvalue weighted by Crippen LogP contribution is -2.47. The summed E-state index contributed by atoms with van der Waals surface area (Å²) < 4.78 is 32.5. The second kappa shape index (κ2) is 5.13. The lowest BCUT2D eigenvalue weighted by atomic mass is 10.0. The summed E-state index contributed by atoms with van der Waals surface area (Å²) in [5.41, 5.74) is 0.614. The number of nitrogens with zero attached hydrogens (tertiary/aromatic N) is 1. The highest BCUT2D eigenvalue weighted by molar-refractivity contribution is 7.89. The summed E-state index contributed by atoms with van der Waals surface area (Å²) in [6.07, 6.45) is -0.431. The van der Waals surface area contributed by atoms with Gasteiger partial charge >= 0.3 is 0 Å². The van der Waals surface area contributed by atoms with E-state index in [0.29, 0.717) is 17.4 Å². The molecule has 0 bridgehead atoms. The summed E-state index contributed by atoms with van der Waals surface area (Å²) in [7, 11) is -3.53. The average Bonchev–Trinajstić information content (AvgIpc) is 2.63. The summed E-state index contributed by atoms with van der Waals surface area (Å²) in [5.74, 6) is 0.386. The maximum atomic E-state index is 12.8. The molecular formula is C15H23NO3S. The van der Waals surface area contributed by atoms with E-state index in [1.807, 2.05) is 26.0 Å². The molecule has 1 atom stereocenters. The number of sulfonamides is 1. The Morgan fingerprint density at radius 3 is 2.20 bits per heavy atom. The van der Waals surface area contributed by atoms with E-state index in [-0.39, 0.29) is 0 Å². The van der Waals surface area contributed by atoms with Gasteiger partial charge in [0.15, 0.2) is 0 Å². The molecular weight excluding hydrogens is 274 g/mol. The van der Waals surface area contributed by atoms with Gasteiger partial charge in [-0.3, -0.25) is 0 Å². The molecule has 0 N–H and O–H groups in total. The van der Waals surface area contributed by atoms with E-state index in [1.165, 1.54) is 4.31 Å². The Labute approximate surface area is 121 Å². The summed E-state index contributed by atoms with van der Waals surface area (Å²) in [4.78, 5) is 0.326. The Morgan fingerprint density at radius 2 is 1.80 bits per heavy atom. The van der Waals surface area contributed by atoms with Gasteiger partial charge in [0.1, 0.15) is 6.23 Å². The first kappa shape index (κ1) is 15.5. The van der Waals surface area contributed by atoms with Crippen LogP contribution in [-0.4, -0.2) is 31.1 Å². The van der Waals surface area contributed by atoms with Crippen LogP contribution in [0.2, 0.25) is 0 Å². The smallest absolute Gasteiger partial charge is 0.245 e. The largest absolute Gasteiger partial charge is 0.360 e. The summed E-state index contributed by atoms with van der Waals surface area (Å²) in [6, 6.07) is 7.13. The Hall–Kier alpha value is -0.910. The Bertz CT molecular complexity index is 576. The van der Waals surface area contributed by atoms with Crippen molar-refractivity contribution < 1.29 is 13.2 Å². The highest BCUT2D eigenvalue weighted by Gasteiger charge is 2.46. The summed E-state index contributed by atoms with van der Waals surface area (Å²) >= 11 is 0. The van der Waals surface area contributed by atoms with E-state index in [9.17, 15) is 8.42 Å². The second-order valence-corrected chi connectivity index (χ2v) is 8.06. The second-order valence-electron chi connectivity index (χ2n) is 6.25. The first-order chi connectivity index (χ1) is 9.16. The van der Waals surface area contributed by atoms with Crippen molar-refractivity contribution in [2.75, 3.05) is 6.61 Å². The number of rotatable bonds is 3. The molecule has 112 valence electrons. The van der Waals surface area contributed by atoms with Gasteiger partial charge in [0.2, 0.25) is 10.0 Å². The van der Waals surface area contributed by atoms with Crippen molar-refractivity contribution in [3.05, 3.63) is 29.8 Å². The van der Waals surface area contributed by atoms with Gasteiger partial charge in [-0.2, -0.15) is 4.31 Å². The number of benzene rings is 1. The lowest BCUT2D eigenvalue weighted by molar-refractivity contribution is 0.0843. The van der Waals surface area contributed by atoms with Crippen LogP contribution in [-0.2, 0) is 14.8 Å². The Balaban J connectivity index is 2.40. The molecule has 1 heterocycles. The predicted molar refractivity (Wildman–Crippen MR) is 79.0 cm³/mol. The van der Waals surface area contributed by atoms with Gasteiger partial charge in [-0.1, -0.05) is 26.0 Å². The van der Waals surface area contributed by atoms with Crippen molar-refractivity contribution in [1.29, 1.82) is 0 Å². The highest BCUT2D eigenvalue weighted by atomic mass is 32.2. The molecule has 1 fully saturated rings. The van der Waals surface area contributed by atoms with Crippen LogP contribution in [0.5, 0.6) is 0 Å². The molecule has 1 saturated heterocycles. The van der Waals surface area contributed by atoms with Crippen LogP contribution in [0.4, 0.5) is 0 Å². The minimum absolute atomic E-state index is 0.326. The van der Waals surface area contributed by atoms with Gasteiger partial charge in [0.25, 0.3) is 0 Å². The highest BCUT2D eigenvalue weighted by Crippen LogP contribution is 2.33. The third-order valence-corrected chi connectivity index (χ3v) is 5.89. The molecule has 0 radical (unpaired) electrons. The van der Waals surface area contributed by atoms with E-state index < -0.39 is 21.8 Å². The minimum atomic E-state index is -3.53. The molecule has 0 amide bonds. The van der Waals surface area contributed by atoms with Crippen LogP contribution in [0.3, 0.4) is 0 Å². The van der Waals surface area contributed by atoms with Crippen molar-refractivity contribution in [2.45, 2.75) is 57.2 Å². The standard InChI is InChI=1S/C15H23NO3S/c1-11(2)13-6-8-14(9-7-13)20(17,18)16-12(3)19-10-15(16,4)5/h6-9,11-12H,10H2,1-5H3. The third-order valence-electron chi connectivity index (χ3n) is 3.71. The molecule has 20 heavy (non-hydrogen) atoms.